The second-order valence-corrected chi connectivity index (χ2v) is 5.82. The van der Waals surface area contributed by atoms with Gasteiger partial charge in [-0.1, -0.05) is 12.1 Å². The lowest BCUT2D eigenvalue weighted by atomic mass is 10.1. The number of aromatic hydroxyl groups is 2. The second kappa shape index (κ2) is 5.55. The molecule has 0 radical (unpaired) electrons. The third-order valence-corrected chi connectivity index (χ3v) is 3.58. The third-order valence-electron chi connectivity index (χ3n) is 3.19. The van der Waals surface area contributed by atoms with Gasteiger partial charge in [-0.15, -0.1) is 0 Å². The Labute approximate surface area is 135 Å². The van der Waals surface area contributed by atoms with Crippen LogP contribution in [0.15, 0.2) is 51.7 Å². The molecule has 0 aliphatic heterocycles. The zero-order valence-corrected chi connectivity index (χ0v) is 12.6. The molecule has 0 amide bonds. The molecule has 1 aromatic heterocycles. The van der Waals surface area contributed by atoms with E-state index in [9.17, 15) is 23.4 Å². The Morgan fingerprint density at radius 3 is 2.46 bits per heavy atom. The number of phenols is 1. The van der Waals surface area contributed by atoms with Crippen molar-refractivity contribution in [2.24, 2.45) is 0 Å². The Kier molecular flexibility index (Phi) is 3.66. The monoisotopic (exact) mass is 350 g/mol. The Balaban J connectivity index is 2.23. The van der Waals surface area contributed by atoms with E-state index in [4.69, 9.17) is 8.97 Å². The molecule has 124 valence electrons. The van der Waals surface area contributed by atoms with Crippen molar-refractivity contribution in [3.63, 3.8) is 0 Å². The lowest BCUT2D eigenvalue weighted by molar-refractivity contribution is 0.371. The summed E-state index contributed by atoms with van der Waals surface area (Å²) in [6.07, 6.45) is 0. The zero-order chi connectivity index (χ0) is 17.5. The number of hydrogen-bond acceptors (Lipinski definition) is 7. The van der Waals surface area contributed by atoms with Gasteiger partial charge in [0.05, 0.1) is 5.39 Å². The number of phenolic OH excluding ortho intramolecular Hbond substituents is 1. The van der Waals surface area contributed by atoms with Gasteiger partial charge in [0.25, 0.3) is 0 Å². The lowest BCUT2D eigenvalue weighted by Crippen LogP contribution is -2.07. The fourth-order valence-electron chi connectivity index (χ4n) is 2.16. The summed E-state index contributed by atoms with van der Waals surface area (Å²) in [4.78, 5) is 12.2. The molecule has 1 heterocycles. The van der Waals surface area contributed by atoms with E-state index in [0.717, 1.165) is 12.1 Å². The summed E-state index contributed by atoms with van der Waals surface area (Å²) >= 11 is 0. The molecular formula is C15H10O8S. The van der Waals surface area contributed by atoms with Crippen LogP contribution in [0.5, 0.6) is 17.2 Å². The number of fused-ring (bicyclic) bond motifs is 1. The minimum atomic E-state index is -4.87. The fraction of sp³-hybridized carbons (Fsp3) is 0. The Hall–Kier alpha value is -3.04. The summed E-state index contributed by atoms with van der Waals surface area (Å²) in [5.74, 6) is -2.08. The Bertz CT molecular complexity index is 1100. The van der Waals surface area contributed by atoms with Gasteiger partial charge in [0.2, 0.25) is 11.2 Å². The van der Waals surface area contributed by atoms with E-state index in [1.807, 2.05) is 0 Å². The molecule has 0 spiro atoms. The number of benzene rings is 2. The molecule has 24 heavy (non-hydrogen) atoms. The van der Waals surface area contributed by atoms with E-state index in [2.05, 4.69) is 4.18 Å². The van der Waals surface area contributed by atoms with E-state index < -0.39 is 33.1 Å². The number of hydrogen-bond donors (Lipinski definition) is 3. The van der Waals surface area contributed by atoms with Crippen molar-refractivity contribution in [2.75, 3.05) is 0 Å². The predicted molar refractivity (Wildman–Crippen MR) is 83.4 cm³/mol. The van der Waals surface area contributed by atoms with Crippen molar-refractivity contribution >= 4 is 21.4 Å². The molecule has 2 aromatic carbocycles. The molecule has 3 N–H and O–H groups in total. The SMILES string of the molecule is O=c1c(O)c(-c2ccc(O)c(OS(=O)(=O)O)c2)oc2ccccc12. The van der Waals surface area contributed by atoms with Crippen molar-refractivity contribution in [3.05, 3.63) is 52.7 Å². The number of rotatable bonds is 3. The summed E-state index contributed by atoms with van der Waals surface area (Å²) in [6, 6.07) is 9.58. The first-order chi connectivity index (χ1) is 11.3. The maximum absolute atomic E-state index is 12.2. The first kappa shape index (κ1) is 15.8. The van der Waals surface area contributed by atoms with Gasteiger partial charge in [-0.3, -0.25) is 9.35 Å². The van der Waals surface area contributed by atoms with Crippen molar-refractivity contribution in [3.8, 4) is 28.6 Å². The highest BCUT2D eigenvalue weighted by Gasteiger charge is 2.18. The van der Waals surface area contributed by atoms with Crippen molar-refractivity contribution < 1.29 is 31.8 Å². The van der Waals surface area contributed by atoms with Crippen LogP contribution >= 0.6 is 0 Å². The third kappa shape index (κ3) is 2.90. The van der Waals surface area contributed by atoms with Gasteiger partial charge < -0.3 is 18.8 Å². The van der Waals surface area contributed by atoms with E-state index >= 15 is 0 Å². The normalized spacial score (nSPS) is 11.5. The molecule has 3 aromatic rings. The standard InChI is InChI=1S/C15H10O8S/c16-10-6-5-8(7-12(10)23-24(19,20)21)15-14(18)13(17)9-3-1-2-4-11(9)22-15/h1-7,16,18H,(H,19,20,21). The van der Waals surface area contributed by atoms with Crippen LogP contribution in [0.25, 0.3) is 22.3 Å². The molecule has 0 atom stereocenters. The van der Waals surface area contributed by atoms with Gasteiger partial charge in [0, 0.05) is 5.56 Å². The van der Waals surface area contributed by atoms with Crippen LogP contribution in [0.2, 0.25) is 0 Å². The first-order valence-corrected chi connectivity index (χ1v) is 7.88. The van der Waals surface area contributed by atoms with Crippen LogP contribution in [-0.2, 0) is 10.4 Å². The van der Waals surface area contributed by atoms with Crippen LogP contribution in [0.3, 0.4) is 0 Å². The molecular weight excluding hydrogens is 340 g/mol. The molecule has 0 saturated heterocycles. The molecule has 0 aliphatic carbocycles. The summed E-state index contributed by atoms with van der Waals surface area (Å²) in [7, 11) is -4.87. The second-order valence-electron chi connectivity index (χ2n) is 4.80. The average Bonchev–Trinajstić information content (AvgIpc) is 2.52. The molecule has 3 rings (SSSR count). The molecule has 9 heteroatoms. The highest BCUT2D eigenvalue weighted by Crippen LogP contribution is 2.36. The van der Waals surface area contributed by atoms with E-state index in [0.29, 0.717) is 0 Å². The maximum Gasteiger partial charge on any atom is 0.446 e. The van der Waals surface area contributed by atoms with E-state index in [1.54, 1.807) is 12.1 Å². The highest BCUT2D eigenvalue weighted by atomic mass is 32.3. The smallest absolute Gasteiger partial charge is 0.446 e. The summed E-state index contributed by atoms with van der Waals surface area (Å²) < 4.78 is 40.0. The van der Waals surface area contributed by atoms with E-state index in [1.165, 1.54) is 18.2 Å². The van der Waals surface area contributed by atoms with E-state index in [-0.39, 0.29) is 22.3 Å². The quantitative estimate of drug-likeness (QED) is 0.611. The Morgan fingerprint density at radius 2 is 1.75 bits per heavy atom. The average molecular weight is 350 g/mol. The van der Waals surface area contributed by atoms with Crippen molar-refractivity contribution in [2.45, 2.75) is 0 Å². The minimum Gasteiger partial charge on any atom is -0.504 e. The molecule has 0 bridgehead atoms. The van der Waals surface area contributed by atoms with Gasteiger partial charge in [-0.2, -0.15) is 8.42 Å². The van der Waals surface area contributed by atoms with Gasteiger partial charge >= 0.3 is 10.4 Å². The Morgan fingerprint density at radius 1 is 1.04 bits per heavy atom. The van der Waals surface area contributed by atoms with Crippen LogP contribution in [0.4, 0.5) is 0 Å². The zero-order valence-electron chi connectivity index (χ0n) is 11.8. The fourth-order valence-corrected chi connectivity index (χ4v) is 2.52. The van der Waals surface area contributed by atoms with Crippen molar-refractivity contribution in [1.29, 1.82) is 0 Å². The molecule has 0 unspecified atom stereocenters. The first-order valence-electron chi connectivity index (χ1n) is 6.51. The van der Waals surface area contributed by atoms with Gasteiger partial charge in [0.15, 0.2) is 17.3 Å². The summed E-state index contributed by atoms with van der Waals surface area (Å²) in [5.41, 5.74) is -0.399. The maximum atomic E-state index is 12.2. The largest absolute Gasteiger partial charge is 0.504 e. The summed E-state index contributed by atoms with van der Waals surface area (Å²) in [5, 5.41) is 19.8. The van der Waals surface area contributed by atoms with Crippen molar-refractivity contribution in [1.82, 2.24) is 0 Å². The van der Waals surface area contributed by atoms with Crippen LogP contribution in [-0.4, -0.2) is 23.2 Å². The molecule has 0 aliphatic rings. The summed E-state index contributed by atoms with van der Waals surface area (Å²) in [6.45, 7) is 0. The topological polar surface area (TPSA) is 134 Å². The molecule has 8 nitrogen and oxygen atoms in total. The lowest BCUT2D eigenvalue weighted by Gasteiger charge is -2.09. The van der Waals surface area contributed by atoms with Gasteiger partial charge in [-0.05, 0) is 30.3 Å². The predicted octanol–water partition coefficient (Wildman–Crippen LogP) is 2.05. The number of para-hydroxylation sites is 1. The molecule has 0 saturated carbocycles. The van der Waals surface area contributed by atoms with Gasteiger partial charge in [-0.25, -0.2) is 0 Å². The van der Waals surface area contributed by atoms with Crippen LogP contribution in [0, 0.1) is 0 Å². The van der Waals surface area contributed by atoms with Crippen LogP contribution < -0.4 is 9.61 Å². The highest BCUT2D eigenvalue weighted by molar-refractivity contribution is 7.81. The molecule has 0 fully saturated rings. The van der Waals surface area contributed by atoms with Gasteiger partial charge in [0.1, 0.15) is 5.58 Å². The minimum absolute atomic E-state index is 0.0619. The van der Waals surface area contributed by atoms with Crippen LogP contribution in [0.1, 0.15) is 0 Å².